The van der Waals surface area contributed by atoms with Gasteiger partial charge >= 0.3 is 0 Å². The van der Waals surface area contributed by atoms with E-state index in [1.54, 1.807) is 0 Å². The summed E-state index contributed by atoms with van der Waals surface area (Å²) in [6, 6.07) is -0.111. The highest BCUT2D eigenvalue weighted by atomic mass is 16.3. The summed E-state index contributed by atoms with van der Waals surface area (Å²) >= 11 is 0. The monoisotopic (exact) mass is 141 g/mol. The Kier molecular flexibility index (Phi) is 4.95. The Morgan fingerprint density at radius 2 is 2.40 bits per heavy atom. The van der Waals surface area contributed by atoms with Gasteiger partial charge in [0, 0.05) is 6.04 Å². The molecule has 0 aromatic rings. The summed E-state index contributed by atoms with van der Waals surface area (Å²) in [5.74, 6) is 0.361. The number of allylic oxidation sites excluding steroid dienone is 1. The van der Waals surface area contributed by atoms with Crippen molar-refractivity contribution in [2.75, 3.05) is 6.61 Å². The van der Waals surface area contributed by atoms with Crippen LogP contribution in [0.4, 0.5) is 0 Å². The largest absolute Gasteiger partial charge is 0.395 e. The van der Waals surface area contributed by atoms with Crippen molar-refractivity contribution in [3.63, 3.8) is 0 Å². The summed E-state index contributed by atoms with van der Waals surface area (Å²) < 4.78 is 0. The van der Waals surface area contributed by atoms with Crippen LogP contribution in [0.3, 0.4) is 0 Å². The van der Waals surface area contributed by atoms with Crippen LogP contribution >= 0.6 is 0 Å². The van der Waals surface area contributed by atoms with Crippen LogP contribution in [0.2, 0.25) is 0 Å². The molecule has 0 aliphatic heterocycles. The van der Waals surface area contributed by atoms with E-state index in [4.69, 9.17) is 10.8 Å². The maximum Gasteiger partial charge on any atom is 0.0582 e. The summed E-state index contributed by atoms with van der Waals surface area (Å²) in [7, 11) is 0. The first kappa shape index (κ1) is 9.44. The van der Waals surface area contributed by atoms with Crippen molar-refractivity contribution < 1.29 is 5.11 Å². The van der Waals surface area contributed by atoms with E-state index in [0.717, 1.165) is 6.42 Å². The van der Waals surface area contributed by atoms with Gasteiger partial charge in [0.05, 0.1) is 6.61 Å². The highest BCUT2D eigenvalue weighted by Gasteiger charge is 2.03. The zero-order valence-electron chi connectivity index (χ0n) is 6.38. The Hall–Kier alpha value is -0.560. The van der Waals surface area contributed by atoms with Gasteiger partial charge < -0.3 is 10.8 Å². The normalized spacial score (nSPS) is 15.5. The Bertz CT molecular complexity index is 127. The van der Waals surface area contributed by atoms with E-state index in [-0.39, 0.29) is 12.6 Å². The Labute approximate surface area is 62.0 Å². The quantitative estimate of drug-likeness (QED) is 0.565. The molecule has 0 rings (SSSR count). The van der Waals surface area contributed by atoms with Crippen LogP contribution in [-0.4, -0.2) is 17.8 Å². The van der Waals surface area contributed by atoms with E-state index in [0.29, 0.717) is 5.92 Å². The van der Waals surface area contributed by atoms with Crippen molar-refractivity contribution in [1.29, 1.82) is 0 Å². The fraction of sp³-hybridized carbons (Fsp3) is 0.625. The van der Waals surface area contributed by atoms with Gasteiger partial charge in [0.1, 0.15) is 0 Å². The lowest BCUT2D eigenvalue weighted by atomic mass is 10.0. The average molecular weight is 141 g/mol. The molecule has 10 heavy (non-hydrogen) atoms. The molecule has 0 spiro atoms. The zero-order chi connectivity index (χ0) is 7.98. The fourth-order valence-electron chi connectivity index (χ4n) is 0.821. The minimum Gasteiger partial charge on any atom is -0.395 e. The lowest BCUT2D eigenvalue weighted by Crippen LogP contribution is -2.26. The molecule has 0 aliphatic carbocycles. The Morgan fingerprint density at radius 1 is 1.80 bits per heavy atom. The van der Waals surface area contributed by atoms with Gasteiger partial charge in [-0.2, -0.15) is 0 Å². The van der Waals surface area contributed by atoms with Gasteiger partial charge in [0.15, 0.2) is 0 Å². The number of aliphatic hydroxyl groups is 1. The smallest absolute Gasteiger partial charge is 0.0582 e. The van der Waals surface area contributed by atoms with Gasteiger partial charge in [-0.05, 0) is 18.4 Å². The second kappa shape index (κ2) is 5.24. The van der Waals surface area contributed by atoms with Crippen LogP contribution in [0, 0.1) is 5.92 Å². The van der Waals surface area contributed by atoms with Gasteiger partial charge in [-0.3, -0.25) is 0 Å². The zero-order valence-corrected chi connectivity index (χ0v) is 6.38. The van der Waals surface area contributed by atoms with Gasteiger partial charge in [0.2, 0.25) is 0 Å². The van der Waals surface area contributed by atoms with E-state index in [1.165, 1.54) is 0 Å². The van der Waals surface area contributed by atoms with Gasteiger partial charge in [0.25, 0.3) is 0 Å². The minimum absolute atomic E-state index is 0.0509. The third-order valence-corrected chi connectivity index (χ3v) is 1.31. The maximum atomic E-state index is 8.58. The molecule has 2 heteroatoms. The van der Waals surface area contributed by atoms with Crippen LogP contribution in [0.5, 0.6) is 0 Å². The van der Waals surface area contributed by atoms with Crippen molar-refractivity contribution >= 4 is 0 Å². The summed E-state index contributed by atoms with van der Waals surface area (Å²) in [5.41, 5.74) is 8.17. The van der Waals surface area contributed by atoms with Crippen LogP contribution < -0.4 is 5.73 Å². The van der Waals surface area contributed by atoms with Crippen LogP contribution in [0.15, 0.2) is 18.4 Å². The van der Waals surface area contributed by atoms with Crippen molar-refractivity contribution in [3.05, 3.63) is 18.4 Å². The van der Waals surface area contributed by atoms with Crippen LogP contribution in [0.1, 0.15) is 13.3 Å². The first-order chi connectivity index (χ1) is 4.70. The Morgan fingerprint density at radius 3 is 2.80 bits per heavy atom. The van der Waals surface area contributed by atoms with Gasteiger partial charge in [-0.15, -0.1) is 5.73 Å². The topological polar surface area (TPSA) is 46.2 Å². The third-order valence-electron chi connectivity index (χ3n) is 1.31. The molecule has 0 bridgehead atoms. The summed E-state index contributed by atoms with van der Waals surface area (Å²) in [6.45, 7) is 5.52. The number of rotatable bonds is 4. The van der Waals surface area contributed by atoms with E-state index < -0.39 is 0 Å². The molecule has 0 amide bonds. The van der Waals surface area contributed by atoms with E-state index in [2.05, 4.69) is 12.3 Å². The lowest BCUT2D eigenvalue weighted by Gasteiger charge is -2.09. The molecule has 2 nitrogen and oxygen atoms in total. The summed E-state index contributed by atoms with van der Waals surface area (Å²) in [6.07, 6.45) is 2.65. The van der Waals surface area contributed by atoms with Gasteiger partial charge in [-0.25, -0.2) is 0 Å². The second-order valence-corrected chi connectivity index (χ2v) is 2.53. The lowest BCUT2D eigenvalue weighted by molar-refractivity contribution is 0.253. The molecule has 0 heterocycles. The average Bonchev–Trinajstić information content (AvgIpc) is 1.88. The van der Waals surface area contributed by atoms with Crippen molar-refractivity contribution in [2.24, 2.45) is 11.7 Å². The molecule has 2 unspecified atom stereocenters. The SMILES string of the molecule is C=C=CC(C)CC(N)CO. The number of hydrogen-bond donors (Lipinski definition) is 2. The molecule has 0 aromatic carbocycles. The van der Waals surface area contributed by atoms with E-state index >= 15 is 0 Å². The van der Waals surface area contributed by atoms with Gasteiger partial charge in [-0.1, -0.05) is 13.5 Å². The first-order valence-corrected chi connectivity index (χ1v) is 3.43. The van der Waals surface area contributed by atoms with Crippen LogP contribution in [-0.2, 0) is 0 Å². The summed E-state index contributed by atoms with van der Waals surface area (Å²) in [5, 5.41) is 8.58. The highest BCUT2D eigenvalue weighted by molar-refractivity contribution is 4.83. The molecule has 0 radical (unpaired) electrons. The molecule has 0 aliphatic rings. The number of aliphatic hydroxyl groups excluding tert-OH is 1. The maximum absolute atomic E-state index is 8.58. The molecular weight excluding hydrogens is 126 g/mol. The van der Waals surface area contributed by atoms with E-state index in [1.807, 2.05) is 13.0 Å². The molecule has 0 saturated carbocycles. The van der Waals surface area contributed by atoms with Crippen molar-refractivity contribution in [2.45, 2.75) is 19.4 Å². The Balaban J connectivity index is 3.56. The molecule has 0 saturated heterocycles. The molecule has 3 N–H and O–H groups in total. The van der Waals surface area contributed by atoms with E-state index in [9.17, 15) is 0 Å². The van der Waals surface area contributed by atoms with Crippen LogP contribution in [0.25, 0.3) is 0 Å². The minimum atomic E-state index is -0.111. The summed E-state index contributed by atoms with van der Waals surface area (Å²) in [4.78, 5) is 0. The first-order valence-electron chi connectivity index (χ1n) is 3.43. The second-order valence-electron chi connectivity index (χ2n) is 2.53. The predicted molar refractivity (Wildman–Crippen MR) is 42.6 cm³/mol. The molecule has 2 atom stereocenters. The number of nitrogens with two attached hydrogens (primary N) is 1. The van der Waals surface area contributed by atoms with Crippen molar-refractivity contribution in [1.82, 2.24) is 0 Å². The number of hydrogen-bond acceptors (Lipinski definition) is 2. The van der Waals surface area contributed by atoms with Crippen molar-refractivity contribution in [3.8, 4) is 0 Å². The predicted octanol–water partition coefficient (Wildman–Crippen LogP) is 0.673. The standard InChI is InChI=1S/C8H15NO/c1-3-4-7(2)5-8(9)6-10/h4,7-8,10H,1,5-6,9H2,2H3. The molecule has 0 aromatic heterocycles. The third kappa shape index (κ3) is 4.33. The fourth-order valence-corrected chi connectivity index (χ4v) is 0.821. The molecule has 0 fully saturated rings. The molecule has 58 valence electrons. The molecular formula is C8H15NO. The highest BCUT2D eigenvalue weighted by Crippen LogP contribution is 2.04.